The second kappa shape index (κ2) is 7.96. The fourth-order valence-corrected chi connectivity index (χ4v) is 3.61. The summed E-state index contributed by atoms with van der Waals surface area (Å²) >= 11 is 0. The van der Waals surface area contributed by atoms with Gasteiger partial charge in [-0.2, -0.15) is 0 Å². The van der Waals surface area contributed by atoms with Crippen molar-refractivity contribution in [2.75, 3.05) is 44.9 Å². The Hall–Kier alpha value is -2.61. The number of ether oxygens (including phenoxy) is 2. The van der Waals surface area contributed by atoms with E-state index in [4.69, 9.17) is 9.47 Å². The van der Waals surface area contributed by atoms with E-state index in [-0.39, 0.29) is 31.6 Å². The lowest BCUT2D eigenvalue weighted by Gasteiger charge is -2.23. The number of carboxylic acids is 1. The number of carbonyl (C=O) groups excluding carboxylic acids is 2. The average molecular weight is 376 g/mol. The highest BCUT2D eigenvalue weighted by Gasteiger charge is 2.46. The number of carboxylic acid groups (broad SMARTS) is 1. The minimum atomic E-state index is -1.06. The summed E-state index contributed by atoms with van der Waals surface area (Å²) in [7, 11) is 1.45. The van der Waals surface area contributed by atoms with Gasteiger partial charge in [0, 0.05) is 44.9 Å². The fraction of sp³-hybridized carbons (Fsp3) is 0.526. The summed E-state index contributed by atoms with van der Waals surface area (Å²) in [6.45, 7) is 1.05. The summed E-state index contributed by atoms with van der Waals surface area (Å²) in [5.74, 6) is -0.634. The van der Waals surface area contributed by atoms with E-state index in [0.29, 0.717) is 31.7 Å². The van der Waals surface area contributed by atoms with Crippen molar-refractivity contribution in [3.05, 3.63) is 24.3 Å². The second-order valence-electron chi connectivity index (χ2n) is 7.02. The van der Waals surface area contributed by atoms with Gasteiger partial charge in [0.05, 0.1) is 6.61 Å². The molecular weight excluding hydrogens is 352 g/mol. The number of carbonyl (C=O) groups is 3. The molecule has 0 aromatic heterocycles. The van der Waals surface area contributed by atoms with Gasteiger partial charge in [-0.1, -0.05) is 6.07 Å². The standard InChI is InChI=1S/C19H24N2O6/c1-26-13-19(18(24)25)7-9-20(12-19)17(23)11-27-15-5-2-4-14(10-15)21-8-3-6-16(21)22/h2,4-5,10H,3,6-9,11-13H2,1H3,(H,24,25). The van der Waals surface area contributed by atoms with Gasteiger partial charge < -0.3 is 24.4 Å². The molecule has 0 bridgehead atoms. The maximum Gasteiger partial charge on any atom is 0.313 e. The lowest BCUT2D eigenvalue weighted by Crippen LogP contribution is -2.41. The molecule has 146 valence electrons. The molecule has 1 unspecified atom stereocenters. The molecule has 2 fully saturated rings. The number of amides is 2. The lowest BCUT2D eigenvalue weighted by molar-refractivity contribution is -0.151. The highest BCUT2D eigenvalue weighted by molar-refractivity contribution is 5.95. The molecule has 1 aromatic rings. The van der Waals surface area contributed by atoms with Crippen LogP contribution in [0, 0.1) is 5.41 Å². The SMILES string of the molecule is COCC1(C(=O)O)CCN(C(=O)COc2cccc(N3CCCC3=O)c2)C1. The zero-order chi connectivity index (χ0) is 19.4. The largest absolute Gasteiger partial charge is 0.484 e. The number of rotatable bonds is 7. The topological polar surface area (TPSA) is 96.4 Å². The van der Waals surface area contributed by atoms with E-state index in [0.717, 1.165) is 12.1 Å². The van der Waals surface area contributed by atoms with Gasteiger partial charge in [-0.3, -0.25) is 14.4 Å². The predicted molar refractivity (Wildman–Crippen MR) is 96.7 cm³/mol. The number of benzene rings is 1. The smallest absolute Gasteiger partial charge is 0.313 e. The number of likely N-dealkylation sites (tertiary alicyclic amines) is 1. The molecule has 2 aliphatic heterocycles. The maximum absolute atomic E-state index is 12.4. The van der Waals surface area contributed by atoms with Crippen LogP contribution in [-0.2, 0) is 19.1 Å². The van der Waals surface area contributed by atoms with Gasteiger partial charge in [-0.15, -0.1) is 0 Å². The van der Waals surface area contributed by atoms with E-state index >= 15 is 0 Å². The van der Waals surface area contributed by atoms with Crippen LogP contribution in [0.2, 0.25) is 0 Å². The molecule has 1 N–H and O–H groups in total. The van der Waals surface area contributed by atoms with Crippen molar-refractivity contribution in [1.29, 1.82) is 0 Å². The highest BCUT2D eigenvalue weighted by atomic mass is 16.5. The Morgan fingerprint density at radius 3 is 2.78 bits per heavy atom. The summed E-state index contributed by atoms with van der Waals surface area (Å²) in [5.41, 5.74) is -0.297. The van der Waals surface area contributed by atoms with Gasteiger partial charge in [0.1, 0.15) is 11.2 Å². The Bertz CT molecular complexity index is 737. The molecule has 3 rings (SSSR count). The molecule has 1 aromatic carbocycles. The van der Waals surface area contributed by atoms with Crippen LogP contribution < -0.4 is 9.64 Å². The summed E-state index contributed by atoms with van der Waals surface area (Å²) in [5, 5.41) is 9.48. The van der Waals surface area contributed by atoms with Crippen LogP contribution >= 0.6 is 0 Å². The van der Waals surface area contributed by atoms with Crippen molar-refractivity contribution >= 4 is 23.5 Å². The van der Waals surface area contributed by atoms with Crippen molar-refractivity contribution in [2.45, 2.75) is 19.3 Å². The van der Waals surface area contributed by atoms with Crippen LogP contribution in [0.25, 0.3) is 0 Å². The lowest BCUT2D eigenvalue weighted by atomic mass is 9.88. The van der Waals surface area contributed by atoms with Gasteiger partial charge in [-0.25, -0.2) is 0 Å². The first-order chi connectivity index (χ1) is 12.9. The number of methoxy groups -OCH3 is 1. The monoisotopic (exact) mass is 376 g/mol. The van der Waals surface area contributed by atoms with Crippen LogP contribution in [0.3, 0.4) is 0 Å². The molecule has 27 heavy (non-hydrogen) atoms. The first-order valence-corrected chi connectivity index (χ1v) is 8.98. The van der Waals surface area contributed by atoms with Crippen LogP contribution in [0.15, 0.2) is 24.3 Å². The summed E-state index contributed by atoms with van der Waals surface area (Å²) in [6.07, 6.45) is 1.74. The van der Waals surface area contributed by atoms with Crippen LogP contribution in [0.1, 0.15) is 19.3 Å². The molecule has 0 aliphatic carbocycles. The third kappa shape index (κ3) is 4.05. The van der Waals surface area contributed by atoms with Crippen LogP contribution in [0.4, 0.5) is 5.69 Å². The Labute approximate surface area is 157 Å². The molecule has 2 saturated heterocycles. The van der Waals surface area contributed by atoms with E-state index < -0.39 is 11.4 Å². The van der Waals surface area contributed by atoms with Crippen molar-refractivity contribution < 1.29 is 29.0 Å². The molecule has 2 aliphatic rings. The average Bonchev–Trinajstić information content (AvgIpc) is 3.28. The third-order valence-corrected chi connectivity index (χ3v) is 5.15. The predicted octanol–water partition coefficient (Wildman–Crippen LogP) is 1.14. The van der Waals surface area contributed by atoms with Gasteiger partial charge >= 0.3 is 5.97 Å². The van der Waals surface area contributed by atoms with Crippen LogP contribution in [-0.4, -0.2) is 67.7 Å². The summed E-state index contributed by atoms with van der Waals surface area (Å²) in [6, 6.07) is 7.09. The Morgan fingerprint density at radius 1 is 1.30 bits per heavy atom. The van der Waals surface area contributed by atoms with E-state index in [9.17, 15) is 19.5 Å². The quantitative estimate of drug-likeness (QED) is 0.767. The Morgan fingerprint density at radius 2 is 2.11 bits per heavy atom. The van der Waals surface area contributed by atoms with Crippen molar-refractivity contribution in [2.24, 2.45) is 5.41 Å². The third-order valence-electron chi connectivity index (χ3n) is 5.15. The zero-order valence-electron chi connectivity index (χ0n) is 15.3. The number of aliphatic carboxylic acids is 1. The normalized spacial score (nSPS) is 22.3. The van der Waals surface area contributed by atoms with Gasteiger partial charge in [0.25, 0.3) is 5.91 Å². The summed E-state index contributed by atoms with van der Waals surface area (Å²) < 4.78 is 10.6. The molecule has 2 amide bonds. The van der Waals surface area contributed by atoms with Crippen molar-refractivity contribution in [1.82, 2.24) is 4.90 Å². The molecule has 0 saturated carbocycles. The molecule has 0 spiro atoms. The van der Waals surface area contributed by atoms with Gasteiger partial charge in [0.15, 0.2) is 6.61 Å². The minimum Gasteiger partial charge on any atom is -0.484 e. The maximum atomic E-state index is 12.4. The zero-order valence-corrected chi connectivity index (χ0v) is 15.3. The molecule has 2 heterocycles. The second-order valence-corrected chi connectivity index (χ2v) is 7.02. The Kier molecular flexibility index (Phi) is 5.65. The fourth-order valence-electron chi connectivity index (χ4n) is 3.61. The molecule has 8 heteroatoms. The van der Waals surface area contributed by atoms with E-state index in [1.807, 2.05) is 6.07 Å². The minimum absolute atomic E-state index is 0.0683. The first-order valence-electron chi connectivity index (χ1n) is 8.98. The first kappa shape index (κ1) is 19.2. The molecule has 1 atom stereocenters. The summed E-state index contributed by atoms with van der Waals surface area (Å²) in [4.78, 5) is 39.1. The van der Waals surface area contributed by atoms with Crippen molar-refractivity contribution in [3.8, 4) is 5.75 Å². The molecule has 0 radical (unpaired) electrons. The van der Waals surface area contributed by atoms with Crippen LogP contribution in [0.5, 0.6) is 5.75 Å². The number of nitrogens with zero attached hydrogens (tertiary/aromatic N) is 2. The van der Waals surface area contributed by atoms with E-state index in [2.05, 4.69) is 0 Å². The number of anilines is 1. The molecule has 8 nitrogen and oxygen atoms in total. The Balaban J connectivity index is 1.58. The number of hydrogen-bond acceptors (Lipinski definition) is 5. The number of hydrogen-bond donors (Lipinski definition) is 1. The van der Waals surface area contributed by atoms with E-state index in [1.165, 1.54) is 12.0 Å². The highest BCUT2D eigenvalue weighted by Crippen LogP contribution is 2.31. The van der Waals surface area contributed by atoms with E-state index in [1.54, 1.807) is 23.1 Å². The molecular formula is C19H24N2O6. The van der Waals surface area contributed by atoms with Crippen molar-refractivity contribution in [3.63, 3.8) is 0 Å². The van der Waals surface area contributed by atoms with Gasteiger partial charge in [0.2, 0.25) is 5.91 Å². The van der Waals surface area contributed by atoms with Gasteiger partial charge in [-0.05, 0) is 25.0 Å².